The van der Waals surface area contributed by atoms with Gasteiger partial charge in [-0.15, -0.1) is 5.10 Å². The van der Waals surface area contributed by atoms with Crippen LogP contribution in [-0.2, 0) is 6.54 Å². The first-order chi connectivity index (χ1) is 11.1. The van der Waals surface area contributed by atoms with Gasteiger partial charge in [-0.25, -0.2) is 0 Å². The highest BCUT2D eigenvalue weighted by Gasteiger charge is 2.14. The summed E-state index contributed by atoms with van der Waals surface area (Å²) in [6, 6.07) is 8.73. The zero-order valence-electron chi connectivity index (χ0n) is 14.4. The highest BCUT2D eigenvalue weighted by molar-refractivity contribution is 5.33. The predicted molar refractivity (Wildman–Crippen MR) is 90.6 cm³/mol. The number of nitrogens with one attached hydrogen (secondary N) is 1. The normalized spacial score (nSPS) is 12.4. The van der Waals surface area contributed by atoms with E-state index in [0.29, 0.717) is 18.5 Å². The SMILES string of the molecule is CCCOc1ccc(C(CC)Nc2nnc(CN(C)C)o2)cc1. The second-order valence-corrected chi connectivity index (χ2v) is 5.76. The molecule has 0 saturated heterocycles. The van der Waals surface area contributed by atoms with Crippen molar-refractivity contribution in [2.75, 3.05) is 26.0 Å². The van der Waals surface area contributed by atoms with E-state index in [1.807, 2.05) is 31.1 Å². The number of aromatic nitrogens is 2. The molecule has 2 rings (SSSR count). The average Bonchev–Trinajstić information content (AvgIpc) is 2.97. The van der Waals surface area contributed by atoms with E-state index in [9.17, 15) is 0 Å². The zero-order valence-corrected chi connectivity index (χ0v) is 14.4. The molecule has 126 valence electrons. The number of hydrogen-bond acceptors (Lipinski definition) is 6. The van der Waals surface area contributed by atoms with Gasteiger partial charge in [0.15, 0.2) is 0 Å². The molecule has 0 saturated carbocycles. The van der Waals surface area contributed by atoms with Crippen LogP contribution in [0.1, 0.15) is 44.2 Å². The lowest BCUT2D eigenvalue weighted by atomic mass is 10.0. The molecule has 0 amide bonds. The van der Waals surface area contributed by atoms with Crippen molar-refractivity contribution in [1.29, 1.82) is 0 Å². The monoisotopic (exact) mass is 318 g/mol. The van der Waals surface area contributed by atoms with Gasteiger partial charge in [-0.1, -0.05) is 31.1 Å². The summed E-state index contributed by atoms with van der Waals surface area (Å²) in [5.41, 5.74) is 1.17. The van der Waals surface area contributed by atoms with Crippen LogP contribution in [0.25, 0.3) is 0 Å². The lowest BCUT2D eigenvalue weighted by molar-refractivity contribution is 0.317. The van der Waals surface area contributed by atoms with Crippen LogP contribution < -0.4 is 10.1 Å². The molecule has 6 heteroatoms. The molecule has 1 N–H and O–H groups in total. The molecule has 1 unspecified atom stereocenters. The summed E-state index contributed by atoms with van der Waals surface area (Å²) < 4.78 is 11.2. The van der Waals surface area contributed by atoms with Gasteiger partial charge in [-0.05, 0) is 44.6 Å². The number of benzene rings is 1. The van der Waals surface area contributed by atoms with Crippen molar-refractivity contribution in [1.82, 2.24) is 15.1 Å². The largest absolute Gasteiger partial charge is 0.494 e. The van der Waals surface area contributed by atoms with Crippen LogP contribution in [0.3, 0.4) is 0 Å². The summed E-state index contributed by atoms with van der Waals surface area (Å²) >= 11 is 0. The van der Waals surface area contributed by atoms with Crippen LogP contribution >= 0.6 is 0 Å². The molecule has 0 spiro atoms. The van der Waals surface area contributed by atoms with Gasteiger partial charge >= 0.3 is 6.01 Å². The van der Waals surface area contributed by atoms with Gasteiger partial charge in [0.1, 0.15) is 5.75 Å². The van der Waals surface area contributed by atoms with E-state index in [-0.39, 0.29) is 6.04 Å². The van der Waals surface area contributed by atoms with E-state index in [1.54, 1.807) is 0 Å². The van der Waals surface area contributed by atoms with Gasteiger partial charge in [0.05, 0.1) is 19.2 Å². The Morgan fingerprint density at radius 3 is 2.52 bits per heavy atom. The smallest absolute Gasteiger partial charge is 0.315 e. The van der Waals surface area contributed by atoms with Crippen molar-refractivity contribution in [3.05, 3.63) is 35.7 Å². The molecule has 1 aromatic carbocycles. The number of anilines is 1. The Balaban J connectivity index is 2.00. The summed E-state index contributed by atoms with van der Waals surface area (Å²) in [5, 5.41) is 11.4. The minimum absolute atomic E-state index is 0.128. The zero-order chi connectivity index (χ0) is 16.7. The first-order valence-corrected chi connectivity index (χ1v) is 8.08. The van der Waals surface area contributed by atoms with E-state index in [1.165, 1.54) is 5.56 Å². The number of nitrogens with zero attached hydrogens (tertiary/aromatic N) is 3. The third-order valence-electron chi connectivity index (χ3n) is 3.38. The van der Waals surface area contributed by atoms with Gasteiger partial charge in [0, 0.05) is 0 Å². The Hall–Kier alpha value is -2.08. The van der Waals surface area contributed by atoms with Gasteiger partial charge in [-0.2, -0.15) is 0 Å². The first kappa shape index (κ1) is 17.3. The molecule has 1 heterocycles. The number of ether oxygens (including phenoxy) is 1. The first-order valence-electron chi connectivity index (χ1n) is 8.08. The molecule has 6 nitrogen and oxygen atoms in total. The Labute approximate surface area is 137 Å². The molecule has 0 aliphatic heterocycles. The third kappa shape index (κ3) is 5.25. The Bertz CT molecular complexity index is 581. The van der Waals surface area contributed by atoms with Crippen LogP contribution in [0.4, 0.5) is 6.01 Å². The highest BCUT2D eigenvalue weighted by atomic mass is 16.5. The van der Waals surface area contributed by atoms with E-state index >= 15 is 0 Å². The van der Waals surface area contributed by atoms with Crippen molar-refractivity contribution in [3.8, 4) is 5.75 Å². The third-order valence-corrected chi connectivity index (χ3v) is 3.38. The summed E-state index contributed by atoms with van der Waals surface area (Å²) in [7, 11) is 3.93. The summed E-state index contributed by atoms with van der Waals surface area (Å²) in [6.07, 6.45) is 1.92. The molecule has 1 atom stereocenters. The van der Waals surface area contributed by atoms with Crippen LogP contribution in [0.5, 0.6) is 5.75 Å². The summed E-state index contributed by atoms with van der Waals surface area (Å²) in [6.45, 7) is 5.59. The van der Waals surface area contributed by atoms with Crippen molar-refractivity contribution < 1.29 is 9.15 Å². The Kier molecular flexibility index (Phi) is 6.40. The minimum Gasteiger partial charge on any atom is -0.494 e. The second-order valence-electron chi connectivity index (χ2n) is 5.76. The molecular formula is C17H26N4O2. The maximum absolute atomic E-state index is 5.63. The van der Waals surface area contributed by atoms with Crippen LogP contribution in [0.2, 0.25) is 0 Å². The van der Waals surface area contributed by atoms with E-state index < -0.39 is 0 Å². The molecule has 2 aromatic rings. The topological polar surface area (TPSA) is 63.4 Å². The fourth-order valence-electron chi connectivity index (χ4n) is 2.23. The van der Waals surface area contributed by atoms with E-state index in [2.05, 4.69) is 41.5 Å². The predicted octanol–water partition coefficient (Wildman–Crippen LogP) is 3.48. The van der Waals surface area contributed by atoms with Crippen molar-refractivity contribution in [2.45, 2.75) is 39.3 Å². The van der Waals surface area contributed by atoms with Gasteiger partial charge < -0.3 is 19.4 Å². The maximum atomic E-state index is 5.63. The van der Waals surface area contributed by atoms with Gasteiger partial charge in [0.2, 0.25) is 5.89 Å². The standard InChI is InChI=1S/C17H26N4O2/c1-5-11-22-14-9-7-13(8-10-14)15(6-2)18-17-20-19-16(23-17)12-21(3)4/h7-10,15H,5-6,11-12H2,1-4H3,(H,18,20). The average molecular weight is 318 g/mol. The lowest BCUT2D eigenvalue weighted by Gasteiger charge is -2.16. The van der Waals surface area contributed by atoms with Crippen LogP contribution in [-0.4, -0.2) is 35.8 Å². The molecule has 1 aromatic heterocycles. The molecule has 0 radical (unpaired) electrons. The van der Waals surface area contributed by atoms with E-state index in [4.69, 9.17) is 9.15 Å². The molecular weight excluding hydrogens is 292 g/mol. The highest BCUT2D eigenvalue weighted by Crippen LogP contribution is 2.24. The van der Waals surface area contributed by atoms with Gasteiger partial charge in [0.25, 0.3) is 0 Å². The van der Waals surface area contributed by atoms with Crippen molar-refractivity contribution in [3.63, 3.8) is 0 Å². The molecule has 0 bridgehead atoms. The fraction of sp³-hybridized carbons (Fsp3) is 0.529. The molecule has 0 fully saturated rings. The lowest BCUT2D eigenvalue weighted by Crippen LogP contribution is -2.11. The molecule has 23 heavy (non-hydrogen) atoms. The van der Waals surface area contributed by atoms with Gasteiger partial charge in [-0.3, -0.25) is 0 Å². The molecule has 0 aliphatic rings. The maximum Gasteiger partial charge on any atom is 0.315 e. The second kappa shape index (κ2) is 8.53. The van der Waals surface area contributed by atoms with Crippen molar-refractivity contribution >= 4 is 6.01 Å². The number of hydrogen-bond donors (Lipinski definition) is 1. The van der Waals surface area contributed by atoms with Crippen molar-refractivity contribution in [2.24, 2.45) is 0 Å². The number of rotatable bonds is 9. The van der Waals surface area contributed by atoms with E-state index in [0.717, 1.165) is 25.2 Å². The molecule has 0 aliphatic carbocycles. The van der Waals surface area contributed by atoms with Crippen LogP contribution in [0.15, 0.2) is 28.7 Å². The summed E-state index contributed by atoms with van der Waals surface area (Å²) in [5.74, 6) is 1.51. The summed E-state index contributed by atoms with van der Waals surface area (Å²) in [4.78, 5) is 1.99. The Morgan fingerprint density at radius 1 is 1.17 bits per heavy atom. The quantitative estimate of drug-likeness (QED) is 0.763. The Morgan fingerprint density at radius 2 is 1.91 bits per heavy atom. The minimum atomic E-state index is 0.128. The fourth-order valence-corrected chi connectivity index (χ4v) is 2.23. The van der Waals surface area contributed by atoms with Crippen LogP contribution in [0, 0.1) is 0 Å².